The van der Waals surface area contributed by atoms with Crippen molar-refractivity contribution in [1.82, 2.24) is 4.90 Å². The first kappa shape index (κ1) is 13.6. The highest BCUT2D eigenvalue weighted by atomic mass is 35.5. The highest BCUT2D eigenvalue weighted by Gasteiger charge is 2.41. The molecule has 0 saturated carbocycles. The fourth-order valence-electron chi connectivity index (χ4n) is 2.89. The zero-order valence-electron chi connectivity index (χ0n) is 11.1. The zero-order valence-corrected chi connectivity index (χ0v) is 11.8. The normalized spacial score (nSPS) is 19.7. The topological polar surface area (TPSA) is 20.3 Å². The van der Waals surface area contributed by atoms with Gasteiger partial charge >= 0.3 is 0 Å². The largest absolute Gasteiger partial charge is 0.306 e. The Bertz CT molecular complexity index is 436. The van der Waals surface area contributed by atoms with Gasteiger partial charge in [-0.2, -0.15) is 0 Å². The summed E-state index contributed by atoms with van der Waals surface area (Å²) in [5, 5.41) is 0.726. The van der Waals surface area contributed by atoms with Crippen LogP contribution in [-0.2, 0) is 10.2 Å². The molecule has 0 radical (unpaired) electrons. The molecule has 1 aliphatic rings. The van der Waals surface area contributed by atoms with Gasteiger partial charge in [-0.25, -0.2) is 0 Å². The molecule has 1 aromatic carbocycles. The number of piperidine rings is 1. The van der Waals surface area contributed by atoms with Crippen LogP contribution in [0.2, 0.25) is 5.02 Å². The van der Waals surface area contributed by atoms with Crippen molar-refractivity contribution in [3.8, 4) is 0 Å². The van der Waals surface area contributed by atoms with Gasteiger partial charge in [-0.15, -0.1) is 0 Å². The van der Waals surface area contributed by atoms with Gasteiger partial charge in [0.1, 0.15) is 5.78 Å². The Morgan fingerprint density at radius 3 is 2.50 bits per heavy atom. The second kappa shape index (κ2) is 5.41. The SMILES string of the molecule is CCC(=O)C1(c2ccccc2Cl)CCN(C)CC1. The average molecular weight is 266 g/mol. The smallest absolute Gasteiger partial charge is 0.143 e. The minimum atomic E-state index is -0.362. The molecule has 98 valence electrons. The van der Waals surface area contributed by atoms with Gasteiger partial charge in [0.25, 0.3) is 0 Å². The van der Waals surface area contributed by atoms with E-state index in [1.165, 1.54) is 0 Å². The summed E-state index contributed by atoms with van der Waals surface area (Å²) in [7, 11) is 2.10. The molecule has 3 heteroatoms. The van der Waals surface area contributed by atoms with Crippen molar-refractivity contribution in [2.24, 2.45) is 0 Å². The van der Waals surface area contributed by atoms with Gasteiger partial charge < -0.3 is 4.90 Å². The molecule has 1 heterocycles. The molecule has 1 aromatic rings. The van der Waals surface area contributed by atoms with Crippen molar-refractivity contribution < 1.29 is 4.79 Å². The van der Waals surface area contributed by atoms with Crippen LogP contribution >= 0.6 is 11.6 Å². The second-order valence-corrected chi connectivity index (χ2v) is 5.55. The Labute approximate surface area is 114 Å². The van der Waals surface area contributed by atoms with Crippen LogP contribution in [0.4, 0.5) is 0 Å². The molecule has 18 heavy (non-hydrogen) atoms. The summed E-state index contributed by atoms with van der Waals surface area (Å²) in [6, 6.07) is 7.80. The number of rotatable bonds is 3. The number of ketones is 1. The van der Waals surface area contributed by atoms with Crippen LogP contribution in [0, 0.1) is 0 Å². The highest BCUT2D eigenvalue weighted by Crippen LogP contribution is 2.40. The van der Waals surface area contributed by atoms with Gasteiger partial charge in [-0.3, -0.25) is 4.79 Å². The van der Waals surface area contributed by atoms with Gasteiger partial charge in [0.2, 0.25) is 0 Å². The number of nitrogens with zero attached hydrogens (tertiary/aromatic N) is 1. The summed E-state index contributed by atoms with van der Waals surface area (Å²) in [6.07, 6.45) is 2.33. The number of benzene rings is 1. The van der Waals surface area contributed by atoms with Gasteiger partial charge in [-0.05, 0) is 44.6 Å². The lowest BCUT2D eigenvalue weighted by molar-refractivity contribution is -0.126. The third-order valence-corrected chi connectivity index (χ3v) is 4.41. The molecular formula is C15H20ClNO. The number of Topliss-reactive ketones (excluding diaryl/α,β-unsaturated/α-hetero) is 1. The Kier molecular flexibility index (Phi) is 4.08. The predicted octanol–water partition coefficient (Wildman–Crippen LogP) is 3.28. The standard InChI is InChI=1S/C15H20ClNO/c1-3-14(18)15(8-10-17(2)11-9-15)12-6-4-5-7-13(12)16/h4-7H,3,8-11H2,1-2H3. The Balaban J connectivity index is 2.43. The zero-order chi connectivity index (χ0) is 13.2. The van der Waals surface area contributed by atoms with Crippen molar-refractivity contribution in [2.75, 3.05) is 20.1 Å². The average Bonchev–Trinajstić information content (AvgIpc) is 2.40. The molecule has 1 saturated heterocycles. The van der Waals surface area contributed by atoms with Gasteiger partial charge in [0.05, 0.1) is 5.41 Å². The third-order valence-electron chi connectivity index (χ3n) is 4.08. The van der Waals surface area contributed by atoms with E-state index in [0.29, 0.717) is 12.2 Å². The monoisotopic (exact) mass is 265 g/mol. The van der Waals surface area contributed by atoms with Crippen LogP contribution in [0.3, 0.4) is 0 Å². The number of hydrogen-bond acceptors (Lipinski definition) is 2. The van der Waals surface area contributed by atoms with E-state index in [1.807, 2.05) is 31.2 Å². The summed E-state index contributed by atoms with van der Waals surface area (Å²) in [5.74, 6) is 0.323. The number of carbonyl (C=O) groups excluding carboxylic acids is 1. The fraction of sp³-hybridized carbons (Fsp3) is 0.533. The van der Waals surface area contributed by atoms with Crippen molar-refractivity contribution in [3.05, 3.63) is 34.9 Å². The lowest BCUT2D eigenvalue weighted by Gasteiger charge is -2.40. The minimum Gasteiger partial charge on any atom is -0.306 e. The quantitative estimate of drug-likeness (QED) is 0.836. The van der Waals surface area contributed by atoms with Crippen LogP contribution in [0.5, 0.6) is 0 Å². The first-order valence-electron chi connectivity index (χ1n) is 6.57. The van der Waals surface area contributed by atoms with Crippen LogP contribution in [-0.4, -0.2) is 30.8 Å². The maximum atomic E-state index is 12.5. The summed E-state index contributed by atoms with van der Waals surface area (Å²) in [6.45, 7) is 3.85. The van der Waals surface area contributed by atoms with Crippen molar-refractivity contribution in [1.29, 1.82) is 0 Å². The minimum absolute atomic E-state index is 0.323. The molecule has 0 aromatic heterocycles. The van der Waals surface area contributed by atoms with E-state index < -0.39 is 0 Å². The molecule has 2 rings (SSSR count). The van der Waals surface area contributed by atoms with Gasteiger partial charge in [0.15, 0.2) is 0 Å². The molecule has 0 aliphatic carbocycles. The van der Waals surface area contributed by atoms with Crippen LogP contribution in [0.15, 0.2) is 24.3 Å². The maximum Gasteiger partial charge on any atom is 0.143 e. The van der Waals surface area contributed by atoms with E-state index in [4.69, 9.17) is 11.6 Å². The molecule has 1 fully saturated rings. The lowest BCUT2D eigenvalue weighted by Crippen LogP contribution is -2.46. The summed E-state index contributed by atoms with van der Waals surface area (Å²) in [5.41, 5.74) is 0.659. The lowest BCUT2D eigenvalue weighted by atomic mass is 9.69. The number of likely N-dealkylation sites (tertiary alicyclic amines) is 1. The molecule has 0 unspecified atom stereocenters. The molecule has 0 amide bonds. The predicted molar refractivity (Wildman–Crippen MR) is 75.2 cm³/mol. The van der Waals surface area contributed by atoms with Crippen LogP contribution < -0.4 is 0 Å². The molecule has 0 N–H and O–H groups in total. The first-order chi connectivity index (χ1) is 8.60. The second-order valence-electron chi connectivity index (χ2n) is 5.14. The van der Waals surface area contributed by atoms with Crippen molar-refractivity contribution in [2.45, 2.75) is 31.6 Å². The Hall–Kier alpha value is -0.860. The van der Waals surface area contributed by atoms with E-state index in [2.05, 4.69) is 11.9 Å². The highest BCUT2D eigenvalue weighted by molar-refractivity contribution is 6.31. The van der Waals surface area contributed by atoms with E-state index >= 15 is 0 Å². The van der Waals surface area contributed by atoms with E-state index in [9.17, 15) is 4.79 Å². The van der Waals surface area contributed by atoms with E-state index in [1.54, 1.807) is 0 Å². The summed E-state index contributed by atoms with van der Waals surface area (Å²) in [4.78, 5) is 14.7. The summed E-state index contributed by atoms with van der Waals surface area (Å²) < 4.78 is 0. The fourth-order valence-corrected chi connectivity index (χ4v) is 3.20. The van der Waals surface area contributed by atoms with Gasteiger partial charge in [-0.1, -0.05) is 36.7 Å². The van der Waals surface area contributed by atoms with E-state index in [-0.39, 0.29) is 5.41 Å². The molecule has 0 spiro atoms. The molecular weight excluding hydrogens is 246 g/mol. The summed E-state index contributed by atoms with van der Waals surface area (Å²) >= 11 is 6.32. The maximum absolute atomic E-state index is 12.5. The molecule has 1 aliphatic heterocycles. The number of halogens is 1. The number of hydrogen-bond donors (Lipinski definition) is 0. The Morgan fingerprint density at radius 1 is 1.33 bits per heavy atom. The number of carbonyl (C=O) groups is 1. The molecule has 2 nitrogen and oxygen atoms in total. The third kappa shape index (κ3) is 2.32. The van der Waals surface area contributed by atoms with Crippen LogP contribution in [0.25, 0.3) is 0 Å². The Morgan fingerprint density at radius 2 is 1.94 bits per heavy atom. The molecule has 0 bridgehead atoms. The van der Waals surface area contributed by atoms with Crippen molar-refractivity contribution >= 4 is 17.4 Å². The van der Waals surface area contributed by atoms with Crippen LogP contribution in [0.1, 0.15) is 31.7 Å². The first-order valence-corrected chi connectivity index (χ1v) is 6.95. The van der Waals surface area contributed by atoms with Crippen molar-refractivity contribution in [3.63, 3.8) is 0 Å². The molecule has 0 atom stereocenters. The van der Waals surface area contributed by atoms with Gasteiger partial charge in [0, 0.05) is 11.4 Å². The van der Waals surface area contributed by atoms with E-state index in [0.717, 1.165) is 36.5 Å².